The zero-order valence-electron chi connectivity index (χ0n) is 27.7. The van der Waals surface area contributed by atoms with Gasteiger partial charge in [0.05, 0.1) is 0 Å². The van der Waals surface area contributed by atoms with Gasteiger partial charge in [0.2, 0.25) is 0 Å². The molecule has 0 saturated heterocycles. The van der Waals surface area contributed by atoms with Crippen LogP contribution in [0.25, 0.3) is 0 Å². The summed E-state index contributed by atoms with van der Waals surface area (Å²) < 4.78 is 3.04. The number of hydrogen-bond acceptors (Lipinski definition) is 20. The van der Waals surface area contributed by atoms with Crippen molar-refractivity contribution in [2.75, 3.05) is 0 Å². The summed E-state index contributed by atoms with van der Waals surface area (Å²) in [7, 11) is 0. The Balaban J connectivity index is -0.00000000292. The van der Waals surface area contributed by atoms with Gasteiger partial charge in [0.25, 0.3) is 0 Å². The second kappa shape index (κ2) is 206. The molecule has 0 aromatic carbocycles. The first kappa shape index (κ1) is 204. The summed E-state index contributed by atoms with van der Waals surface area (Å²) in [6, 6.07) is 0. The zero-order chi connectivity index (χ0) is 22.0. The molecular weight excluding hydrogens is 1020 g/mol. The Hall–Kier alpha value is 13.1. The molecule has 0 unspecified atom stereocenters. The Morgan fingerprint density at radius 3 is 0.532 bits per heavy atom. The molecule has 228 valence electrons. The molecule has 0 fully saturated rings. The molecular formula is C11H28Na12O10S14. The van der Waals surface area contributed by atoms with Gasteiger partial charge in [-0.05, 0) is 53.3 Å². The SMILES string of the molecule is C.C.C.C.O.O.O.O.S=C([S-])[S-].S=C=S.S=C=S.[H-].[H-].[Na+].[Na+].[Na+].[Na+].[Na+].[Na+].[Na+].[Na+].[Na+].[Na+].[Na+].[Na+].[O-]C(=S)SC(=S)[S-].[O-]C(=S)[S-].[O-]C([O-])=S.[OH-].[OH-]. The van der Waals surface area contributed by atoms with Gasteiger partial charge in [0.15, 0.2) is 0 Å². The minimum absolute atomic E-state index is 0. The van der Waals surface area contributed by atoms with E-state index in [0.717, 1.165) is 11.8 Å². The topological polar surface area (TPSA) is 278 Å². The van der Waals surface area contributed by atoms with E-state index in [1.54, 1.807) is 0 Å². The molecule has 10 nitrogen and oxygen atoms in total. The van der Waals surface area contributed by atoms with Crippen LogP contribution in [0, 0.1) is 0 Å². The molecule has 0 radical (unpaired) electrons. The van der Waals surface area contributed by atoms with E-state index >= 15 is 0 Å². The monoisotopic (exact) mass is 1040 g/mol. The van der Waals surface area contributed by atoms with Gasteiger partial charge in [-0.1, -0.05) is 45.5 Å². The fourth-order valence-corrected chi connectivity index (χ4v) is 1.22. The van der Waals surface area contributed by atoms with E-state index in [1.165, 1.54) is 0 Å². The summed E-state index contributed by atoms with van der Waals surface area (Å²) in [5.74, 6) is 0. The maximum atomic E-state index is 9.88. The molecule has 47 heavy (non-hydrogen) atoms. The third-order valence-corrected chi connectivity index (χ3v) is 1.25. The van der Waals surface area contributed by atoms with Gasteiger partial charge in [-0.3, -0.25) is 3.53 Å². The van der Waals surface area contributed by atoms with Crippen LogP contribution in [0.5, 0.6) is 0 Å². The standard InChI is InChI=1S/C2H2OS4.CH2O2S.CH2OS2.CH2S3.2CS2.4CH4.12Na.6H2O.2H/c3-1(4)7-2(5)6;3*2-1(3)4;2*2-1-3;;;;;;;;;;;;;;;;;;;;;;;;/h(H,3,4)(H,5,6);3*(H2,2,3,4);;;4*1H4;;;;;;;;;;;;;6*1H2;;/q;;;;;;;;;;12*+1;;;;;;;2*-1/p-10. The van der Waals surface area contributed by atoms with Crippen LogP contribution in [0.15, 0.2) is 0 Å². The van der Waals surface area contributed by atoms with Crippen molar-refractivity contribution in [3.05, 3.63) is 0 Å². The fraction of sp³-hybridized carbons (Fsp3) is 0.364. The van der Waals surface area contributed by atoms with Crippen molar-refractivity contribution in [3.8, 4) is 0 Å². The van der Waals surface area contributed by atoms with Crippen LogP contribution in [-0.2, 0) is 50.5 Å². The fourth-order valence-electron chi connectivity index (χ4n) is 0.0680. The van der Waals surface area contributed by atoms with Crippen LogP contribution >= 0.6 is 122 Å². The first-order chi connectivity index (χ1) is 11.2. The normalized spacial score (nSPS) is 3.06. The Bertz CT molecular complexity index is 468. The number of thiocarbonyl (C=S) groups is 9. The molecule has 10 N–H and O–H groups in total. The number of rotatable bonds is 0. The average molecular weight is 1050 g/mol. The van der Waals surface area contributed by atoms with E-state index in [1.807, 2.05) is 8.63 Å². The van der Waals surface area contributed by atoms with Crippen molar-refractivity contribution in [1.29, 1.82) is 0 Å². The van der Waals surface area contributed by atoms with Crippen LogP contribution in [0.4, 0.5) is 0 Å². The Labute approximate surface area is 625 Å². The van der Waals surface area contributed by atoms with Gasteiger partial charge in [-0.2, -0.15) is 0 Å². The summed E-state index contributed by atoms with van der Waals surface area (Å²) in [5.41, 5.74) is 0. The molecule has 0 aromatic heterocycles. The van der Waals surface area contributed by atoms with E-state index < -0.39 is 14.0 Å². The van der Waals surface area contributed by atoms with E-state index in [4.69, 9.17) is 15.3 Å². The van der Waals surface area contributed by atoms with Crippen molar-refractivity contribution < 1.29 is 411 Å². The van der Waals surface area contributed by atoms with Crippen molar-refractivity contribution in [2.24, 2.45) is 0 Å². The van der Waals surface area contributed by atoms with Crippen LogP contribution in [0.3, 0.4) is 0 Å². The molecule has 0 aliphatic carbocycles. The van der Waals surface area contributed by atoms with Gasteiger partial charge in [-0.25, -0.2) is 4.38 Å². The largest absolute Gasteiger partial charge is 1.00 e. The van der Waals surface area contributed by atoms with Gasteiger partial charge in [-0.15, -0.1) is 29.2 Å². The molecule has 0 spiro atoms. The second-order valence-corrected chi connectivity index (χ2v) is 9.39. The number of hydrogen-bond donors (Lipinski definition) is 0. The molecule has 0 atom stereocenters. The molecule has 0 rings (SSSR count). The zero-order valence-corrected chi connectivity index (χ0v) is 61.2. The Morgan fingerprint density at radius 2 is 0.532 bits per heavy atom. The Kier molecular flexibility index (Phi) is 894. The van der Waals surface area contributed by atoms with Gasteiger partial charge in [0, 0.05) is 8.63 Å². The molecule has 36 heteroatoms. The number of thioether (sulfide) groups is 1. The molecule has 0 aliphatic rings. The van der Waals surface area contributed by atoms with Crippen LogP contribution in [0.1, 0.15) is 32.6 Å². The van der Waals surface area contributed by atoms with Crippen molar-refractivity contribution in [1.82, 2.24) is 0 Å². The van der Waals surface area contributed by atoms with Gasteiger partial charge in [0.1, 0.15) is 0 Å². The second-order valence-electron chi connectivity index (χ2n) is 1.52. The Morgan fingerprint density at radius 1 is 0.468 bits per heavy atom. The smallest absolute Gasteiger partial charge is 1.00 e. The molecule has 0 aromatic rings. The molecule has 0 saturated carbocycles. The van der Waals surface area contributed by atoms with E-state index in [0.29, 0.717) is 0 Å². The van der Waals surface area contributed by atoms with Crippen molar-refractivity contribution in [2.45, 2.75) is 29.7 Å². The first-order valence-electron chi connectivity index (χ1n) is 3.88. The maximum Gasteiger partial charge on any atom is 1.00 e. The summed E-state index contributed by atoms with van der Waals surface area (Å²) in [4.78, 5) is 0. The molecule has 0 aliphatic heterocycles. The van der Waals surface area contributed by atoms with E-state index in [9.17, 15) is 5.11 Å². The minimum Gasteiger partial charge on any atom is -1.00 e. The predicted octanol–water partition coefficient (Wildman–Crippen LogP) is -37.1. The van der Waals surface area contributed by atoms with Crippen molar-refractivity contribution in [3.63, 3.8) is 0 Å². The van der Waals surface area contributed by atoms with Crippen molar-refractivity contribution >= 4 is 202 Å². The van der Waals surface area contributed by atoms with E-state index in [-0.39, 0.29) is 427 Å². The average Bonchev–Trinajstić information content (AvgIpc) is 2.25. The van der Waals surface area contributed by atoms with Gasteiger partial charge >= 0.3 is 355 Å². The summed E-state index contributed by atoms with van der Waals surface area (Å²) in [6.45, 7) is 0. The molecule has 0 heterocycles. The summed E-state index contributed by atoms with van der Waals surface area (Å²) >= 11 is 52.9. The minimum atomic E-state index is -1.50. The molecule has 0 bridgehead atoms. The maximum absolute atomic E-state index is 9.88. The van der Waals surface area contributed by atoms with Crippen LogP contribution in [0.2, 0.25) is 0 Å². The predicted molar refractivity (Wildman–Crippen MR) is 188 cm³/mol. The van der Waals surface area contributed by atoms with Crippen LogP contribution < -0.4 is 375 Å². The third kappa shape index (κ3) is 660. The van der Waals surface area contributed by atoms with E-state index in [2.05, 4.69) is 160 Å². The van der Waals surface area contributed by atoms with Gasteiger partial charge < -0.3 is 143 Å². The van der Waals surface area contributed by atoms with Crippen LogP contribution in [-0.4, -0.2) is 62.5 Å². The third-order valence-electron chi connectivity index (χ3n) is 0.167. The summed E-state index contributed by atoms with van der Waals surface area (Å²) in [5, 5.41) is 34.9. The quantitative estimate of drug-likeness (QED) is 0.124. The summed E-state index contributed by atoms with van der Waals surface area (Å²) in [6.07, 6.45) is 0. The molecule has 0 amide bonds. The first-order valence-corrected chi connectivity index (χ1v) is 10.0.